The van der Waals surface area contributed by atoms with Gasteiger partial charge in [-0.1, -0.05) is 40.9 Å². The summed E-state index contributed by atoms with van der Waals surface area (Å²) in [5.74, 6) is -1.90. The van der Waals surface area contributed by atoms with Crippen molar-refractivity contribution in [1.29, 1.82) is 0 Å². The lowest BCUT2D eigenvalue weighted by molar-refractivity contribution is -0.125. The monoisotopic (exact) mass is 450 g/mol. The number of sulfonamides is 1. The molecular weight excluding hydrogens is 439 g/mol. The number of carbonyl (C=O) groups is 2. The van der Waals surface area contributed by atoms with E-state index in [1.54, 1.807) is 12.1 Å². The number of nitrogens with one attached hydrogen (secondary N) is 1. The maximum absolute atomic E-state index is 12.6. The van der Waals surface area contributed by atoms with Crippen molar-refractivity contribution in [3.05, 3.63) is 57.0 Å². The van der Waals surface area contributed by atoms with Gasteiger partial charge < -0.3 is 10.5 Å². The molecule has 0 fully saturated rings. The summed E-state index contributed by atoms with van der Waals surface area (Å²) in [5, 5.41) is -0.0421. The number of amides is 1. The van der Waals surface area contributed by atoms with Crippen LogP contribution < -0.4 is 10.5 Å². The molecule has 0 radical (unpaired) electrons. The summed E-state index contributed by atoms with van der Waals surface area (Å²) < 4.78 is 32.4. The van der Waals surface area contributed by atoms with E-state index in [1.807, 2.05) is 0 Å². The molecule has 2 aromatic rings. The van der Waals surface area contributed by atoms with E-state index >= 15 is 0 Å². The van der Waals surface area contributed by atoms with E-state index < -0.39 is 32.9 Å². The fourth-order valence-corrected chi connectivity index (χ4v) is 4.03. The van der Waals surface area contributed by atoms with E-state index in [1.165, 1.54) is 19.1 Å². The standard InChI is InChI=1S/C16H13Cl3N2O5S/c1-8(15(20)22)26-16(23)11-6-14(13(19)7-12(11)18)27(24,25)21-10-4-2-3-9(17)5-10/h2-8,21H,1H3,(H2,20,22)/t8-/m0/s1. The number of anilines is 1. The Morgan fingerprint density at radius 2 is 1.78 bits per heavy atom. The molecular formula is C16H13Cl3N2O5S. The fourth-order valence-electron chi connectivity index (χ4n) is 1.94. The molecule has 0 aliphatic heterocycles. The average molecular weight is 452 g/mol. The van der Waals surface area contributed by atoms with Gasteiger partial charge in [-0.2, -0.15) is 0 Å². The first-order valence-corrected chi connectivity index (χ1v) is 9.90. The zero-order valence-electron chi connectivity index (χ0n) is 13.7. The van der Waals surface area contributed by atoms with Crippen molar-refractivity contribution >= 4 is 62.4 Å². The quantitative estimate of drug-likeness (QED) is 0.652. The molecule has 0 aliphatic carbocycles. The first-order chi connectivity index (χ1) is 12.5. The molecule has 2 rings (SSSR count). The number of benzene rings is 2. The number of ether oxygens (including phenoxy) is 1. The molecule has 0 saturated carbocycles. The SMILES string of the molecule is C[C@H](OC(=O)c1cc(S(=O)(=O)Nc2cccc(Cl)c2)c(Cl)cc1Cl)C(N)=O. The third kappa shape index (κ3) is 5.26. The molecule has 0 bridgehead atoms. The lowest BCUT2D eigenvalue weighted by Gasteiger charge is -2.14. The Hall–Kier alpha value is -2.00. The maximum atomic E-state index is 12.6. The van der Waals surface area contributed by atoms with Crippen molar-refractivity contribution in [3.8, 4) is 0 Å². The zero-order chi connectivity index (χ0) is 20.4. The maximum Gasteiger partial charge on any atom is 0.340 e. The van der Waals surface area contributed by atoms with E-state index in [2.05, 4.69) is 4.72 Å². The Labute approximate surface area is 170 Å². The van der Waals surface area contributed by atoms with Crippen molar-refractivity contribution in [2.45, 2.75) is 17.9 Å². The van der Waals surface area contributed by atoms with Crippen molar-refractivity contribution in [2.75, 3.05) is 4.72 Å². The van der Waals surface area contributed by atoms with E-state index in [0.29, 0.717) is 5.02 Å². The van der Waals surface area contributed by atoms with Gasteiger partial charge >= 0.3 is 5.97 Å². The average Bonchev–Trinajstić information content (AvgIpc) is 2.53. The number of nitrogens with two attached hydrogens (primary N) is 1. The zero-order valence-corrected chi connectivity index (χ0v) is 16.8. The van der Waals surface area contributed by atoms with Crippen LogP contribution in [0.4, 0.5) is 5.69 Å². The van der Waals surface area contributed by atoms with Crippen LogP contribution in [0, 0.1) is 0 Å². The first-order valence-electron chi connectivity index (χ1n) is 7.29. The van der Waals surface area contributed by atoms with Crippen molar-refractivity contribution in [2.24, 2.45) is 5.73 Å². The van der Waals surface area contributed by atoms with E-state index in [4.69, 9.17) is 45.3 Å². The predicted octanol–water partition coefficient (Wildman–Crippen LogP) is 3.48. The van der Waals surface area contributed by atoms with Crippen LogP contribution in [-0.4, -0.2) is 26.4 Å². The van der Waals surface area contributed by atoms with Gasteiger partial charge in [-0.25, -0.2) is 13.2 Å². The van der Waals surface area contributed by atoms with Crippen molar-refractivity contribution in [3.63, 3.8) is 0 Å². The summed E-state index contributed by atoms with van der Waals surface area (Å²) >= 11 is 17.8. The van der Waals surface area contributed by atoms with Gasteiger partial charge in [-0.05, 0) is 37.3 Å². The molecule has 0 aromatic heterocycles. The molecule has 0 saturated heterocycles. The molecule has 1 amide bonds. The number of esters is 1. The topological polar surface area (TPSA) is 116 Å². The normalized spacial score (nSPS) is 12.3. The highest BCUT2D eigenvalue weighted by Gasteiger charge is 2.25. The van der Waals surface area contributed by atoms with Crippen LogP contribution in [-0.2, 0) is 19.6 Å². The Morgan fingerprint density at radius 1 is 1.11 bits per heavy atom. The van der Waals surface area contributed by atoms with Crippen LogP contribution in [0.15, 0.2) is 41.3 Å². The highest BCUT2D eigenvalue weighted by atomic mass is 35.5. The Kier molecular flexibility index (Phi) is 6.59. The van der Waals surface area contributed by atoms with E-state index in [9.17, 15) is 18.0 Å². The molecule has 7 nitrogen and oxygen atoms in total. The van der Waals surface area contributed by atoms with Crippen molar-refractivity contribution < 1.29 is 22.7 Å². The molecule has 0 heterocycles. The van der Waals surface area contributed by atoms with Crippen LogP contribution in [0.3, 0.4) is 0 Å². The highest BCUT2D eigenvalue weighted by molar-refractivity contribution is 7.92. The summed E-state index contributed by atoms with van der Waals surface area (Å²) in [7, 11) is -4.18. The summed E-state index contributed by atoms with van der Waals surface area (Å²) in [4.78, 5) is 22.8. The van der Waals surface area contributed by atoms with Gasteiger partial charge in [-0.3, -0.25) is 9.52 Å². The number of rotatable bonds is 6. The van der Waals surface area contributed by atoms with Crippen LogP contribution in [0.1, 0.15) is 17.3 Å². The molecule has 0 spiro atoms. The molecule has 3 N–H and O–H groups in total. The minimum absolute atomic E-state index is 0.150. The number of hydrogen-bond donors (Lipinski definition) is 2. The van der Waals surface area contributed by atoms with Gasteiger partial charge in [0, 0.05) is 5.02 Å². The number of primary amides is 1. The minimum atomic E-state index is -4.18. The second-order valence-corrected chi connectivity index (χ2v) is 8.23. The van der Waals surface area contributed by atoms with Gasteiger partial charge in [-0.15, -0.1) is 0 Å². The number of hydrogen-bond acceptors (Lipinski definition) is 5. The molecule has 27 heavy (non-hydrogen) atoms. The first kappa shape index (κ1) is 21.3. The molecule has 144 valence electrons. The van der Waals surface area contributed by atoms with Crippen LogP contribution in [0.25, 0.3) is 0 Å². The lowest BCUT2D eigenvalue weighted by Crippen LogP contribution is -2.30. The van der Waals surface area contributed by atoms with E-state index in [0.717, 1.165) is 12.1 Å². The van der Waals surface area contributed by atoms with Gasteiger partial charge in [0.25, 0.3) is 15.9 Å². The van der Waals surface area contributed by atoms with Gasteiger partial charge in [0.1, 0.15) is 4.90 Å². The summed E-state index contributed by atoms with van der Waals surface area (Å²) in [6.45, 7) is 1.27. The van der Waals surface area contributed by atoms with Crippen LogP contribution in [0.5, 0.6) is 0 Å². The third-order valence-corrected chi connectivity index (χ3v) is 5.69. The van der Waals surface area contributed by atoms with Crippen LogP contribution >= 0.6 is 34.8 Å². The van der Waals surface area contributed by atoms with Gasteiger partial charge in [0.2, 0.25) is 0 Å². The Morgan fingerprint density at radius 3 is 2.37 bits per heavy atom. The lowest BCUT2D eigenvalue weighted by atomic mass is 10.2. The second-order valence-electron chi connectivity index (χ2n) is 5.33. The minimum Gasteiger partial charge on any atom is -0.449 e. The molecule has 1 atom stereocenters. The van der Waals surface area contributed by atoms with Gasteiger partial charge in [0.05, 0.1) is 21.3 Å². The van der Waals surface area contributed by atoms with Crippen LogP contribution in [0.2, 0.25) is 15.1 Å². The van der Waals surface area contributed by atoms with Crippen molar-refractivity contribution in [1.82, 2.24) is 0 Å². The Bertz CT molecular complexity index is 1010. The summed E-state index contributed by atoms with van der Waals surface area (Å²) in [6.07, 6.45) is -1.23. The smallest absolute Gasteiger partial charge is 0.340 e. The fraction of sp³-hybridized carbons (Fsp3) is 0.125. The molecule has 0 aliphatic rings. The predicted molar refractivity (Wildman–Crippen MR) is 103 cm³/mol. The largest absolute Gasteiger partial charge is 0.449 e. The third-order valence-electron chi connectivity index (χ3n) is 3.29. The summed E-state index contributed by atoms with van der Waals surface area (Å²) in [5.41, 5.74) is 4.94. The molecule has 11 heteroatoms. The number of carbonyl (C=O) groups excluding carboxylic acids is 2. The van der Waals surface area contributed by atoms with Gasteiger partial charge in [0.15, 0.2) is 6.10 Å². The molecule has 0 unspecified atom stereocenters. The number of halogens is 3. The summed E-state index contributed by atoms with van der Waals surface area (Å²) in [6, 6.07) is 8.04. The molecule has 2 aromatic carbocycles. The Balaban J connectivity index is 2.42. The highest BCUT2D eigenvalue weighted by Crippen LogP contribution is 2.31. The van der Waals surface area contributed by atoms with E-state index in [-0.39, 0.29) is 21.3 Å². The second kappa shape index (κ2) is 8.35.